The molecule has 0 spiro atoms. The van der Waals surface area contributed by atoms with E-state index in [-0.39, 0.29) is 26.9 Å². The maximum Gasteiger partial charge on any atom is 0.345 e. The Morgan fingerprint density at radius 2 is 1.68 bits per heavy atom. The lowest BCUT2D eigenvalue weighted by molar-refractivity contribution is 0.0729. The number of halogens is 3. The number of hydrogen-bond donors (Lipinski definition) is 1. The molecule has 3 aromatic carbocycles. The molecule has 3 aromatic rings. The van der Waals surface area contributed by atoms with E-state index in [1.54, 1.807) is 48.5 Å². The maximum absolute atomic E-state index is 12.4. The number of benzene rings is 3. The summed E-state index contributed by atoms with van der Waals surface area (Å²) in [6, 6.07) is 15.9. The fraction of sp³-hybridized carbons (Fsp3) is 0.0455. The van der Waals surface area contributed by atoms with Gasteiger partial charge in [0.25, 0.3) is 5.91 Å². The van der Waals surface area contributed by atoms with Gasteiger partial charge in [-0.3, -0.25) is 4.79 Å². The van der Waals surface area contributed by atoms with Gasteiger partial charge in [-0.05, 0) is 54.1 Å². The van der Waals surface area contributed by atoms with Crippen LogP contribution < -0.4 is 14.9 Å². The molecule has 0 heterocycles. The van der Waals surface area contributed by atoms with Crippen molar-refractivity contribution >= 4 is 52.9 Å². The molecule has 158 valence electrons. The smallest absolute Gasteiger partial charge is 0.345 e. The molecule has 0 aliphatic rings. The number of ether oxygens (including phenoxy) is 2. The van der Waals surface area contributed by atoms with Crippen molar-refractivity contribution in [3.63, 3.8) is 0 Å². The first-order valence-corrected chi connectivity index (χ1v) is 9.95. The lowest BCUT2D eigenvalue weighted by Gasteiger charge is -2.10. The van der Waals surface area contributed by atoms with Crippen LogP contribution in [0.4, 0.5) is 0 Å². The van der Waals surface area contributed by atoms with Crippen LogP contribution >= 0.6 is 34.8 Å². The Labute approximate surface area is 193 Å². The van der Waals surface area contributed by atoms with Crippen molar-refractivity contribution in [2.45, 2.75) is 0 Å². The summed E-state index contributed by atoms with van der Waals surface area (Å²) in [5.74, 6) is -0.592. The predicted octanol–water partition coefficient (Wildman–Crippen LogP) is 5.64. The molecule has 0 radical (unpaired) electrons. The van der Waals surface area contributed by atoms with Crippen molar-refractivity contribution < 1.29 is 19.1 Å². The van der Waals surface area contributed by atoms with Crippen molar-refractivity contribution in [2.24, 2.45) is 5.10 Å². The molecule has 9 heteroatoms. The van der Waals surface area contributed by atoms with E-state index < -0.39 is 11.9 Å². The van der Waals surface area contributed by atoms with E-state index >= 15 is 0 Å². The molecular formula is C22H15Cl3N2O4. The molecule has 1 amide bonds. The summed E-state index contributed by atoms with van der Waals surface area (Å²) in [5.41, 5.74) is 3.45. The summed E-state index contributed by atoms with van der Waals surface area (Å²) in [7, 11) is 1.44. The Bertz CT molecular complexity index is 1170. The van der Waals surface area contributed by atoms with Crippen molar-refractivity contribution in [3.05, 3.63) is 92.4 Å². The molecule has 3 rings (SSSR count). The van der Waals surface area contributed by atoms with Gasteiger partial charge in [0, 0.05) is 5.02 Å². The molecule has 0 bridgehead atoms. The fourth-order valence-corrected chi connectivity index (χ4v) is 3.24. The highest BCUT2D eigenvalue weighted by molar-refractivity contribution is 6.36. The summed E-state index contributed by atoms with van der Waals surface area (Å²) in [4.78, 5) is 24.5. The first-order chi connectivity index (χ1) is 14.9. The lowest BCUT2D eigenvalue weighted by atomic mass is 10.2. The van der Waals surface area contributed by atoms with Gasteiger partial charge in [0.15, 0.2) is 11.5 Å². The van der Waals surface area contributed by atoms with Crippen LogP contribution in [0.2, 0.25) is 15.1 Å². The Morgan fingerprint density at radius 1 is 0.903 bits per heavy atom. The molecule has 0 fully saturated rings. The zero-order valence-corrected chi connectivity index (χ0v) is 18.3. The van der Waals surface area contributed by atoms with Crippen LogP contribution in [0.25, 0.3) is 0 Å². The van der Waals surface area contributed by atoms with Crippen LogP contribution in [-0.4, -0.2) is 25.2 Å². The third-order valence-electron chi connectivity index (χ3n) is 4.04. The molecular weight excluding hydrogens is 463 g/mol. The number of hydrazone groups is 1. The molecule has 31 heavy (non-hydrogen) atoms. The summed E-state index contributed by atoms with van der Waals surface area (Å²) < 4.78 is 10.7. The number of carbonyl (C=O) groups excluding carboxylic acids is 2. The molecule has 0 saturated carbocycles. The lowest BCUT2D eigenvalue weighted by Crippen LogP contribution is -2.18. The SMILES string of the molecule is COc1cc(/C=N/NC(=O)c2ccc(Cl)cc2Cl)ccc1OC(=O)c1ccccc1Cl. The number of amides is 1. The van der Waals surface area contributed by atoms with E-state index in [0.29, 0.717) is 16.3 Å². The van der Waals surface area contributed by atoms with Gasteiger partial charge in [-0.1, -0.05) is 46.9 Å². The van der Waals surface area contributed by atoms with Gasteiger partial charge in [0.1, 0.15) is 0 Å². The van der Waals surface area contributed by atoms with Gasteiger partial charge in [-0.2, -0.15) is 5.10 Å². The Hall–Kier alpha value is -3.06. The zero-order valence-electron chi connectivity index (χ0n) is 16.1. The van der Waals surface area contributed by atoms with E-state index in [2.05, 4.69) is 10.5 Å². The van der Waals surface area contributed by atoms with Crippen molar-refractivity contribution in [1.82, 2.24) is 5.43 Å². The van der Waals surface area contributed by atoms with Gasteiger partial charge < -0.3 is 9.47 Å². The highest BCUT2D eigenvalue weighted by Crippen LogP contribution is 2.29. The number of methoxy groups -OCH3 is 1. The largest absolute Gasteiger partial charge is 0.493 e. The first kappa shape index (κ1) is 22.6. The summed E-state index contributed by atoms with van der Waals surface area (Å²) in [6.45, 7) is 0. The van der Waals surface area contributed by atoms with Crippen LogP contribution in [0, 0.1) is 0 Å². The molecule has 0 aliphatic heterocycles. The van der Waals surface area contributed by atoms with Crippen LogP contribution in [0.1, 0.15) is 26.3 Å². The van der Waals surface area contributed by atoms with Crippen LogP contribution in [0.5, 0.6) is 11.5 Å². The minimum atomic E-state index is -0.613. The molecule has 0 unspecified atom stereocenters. The maximum atomic E-state index is 12.4. The average Bonchev–Trinajstić information content (AvgIpc) is 2.74. The quantitative estimate of drug-likeness (QED) is 0.216. The van der Waals surface area contributed by atoms with Crippen molar-refractivity contribution in [1.29, 1.82) is 0 Å². The van der Waals surface area contributed by atoms with E-state index in [1.165, 1.54) is 25.5 Å². The highest BCUT2D eigenvalue weighted by atomic mass is 35.5. The van der Waals surface area contributed by atoms with Gasteiger partial charge >= 0.3 is 5.97 Å². The van der Waals surface area contributed by atoms with Crippen LogP contribution in [0.3, 0.4) is 0 Å². The van der Waals surface area contributed by atoms with E-state index in [0.717, 1.165) is 0 Å². The van der Waals surface area contributed by atoms with Gasteiger partial charge in [0.2, 0.25) is 0 Å². The van der Waals surface area contributed by atoms with Crippen molar-refractivity contribution in [2.75, 3.05) is 7.11 Å². The summed E-state index contributed by atoms with van der Waals surface area (Å²) >= 11 is 17.9. The number of hydrogen-bond acceptors (Lipinski definition) is 5. The van der Waals surface area contributed by atoms with E-state index in [9.17, 15) is 9.59 Å². The fourth-order valence-electron chi connectivity index (χ4n) is 2.53. The average molecular weight is 478 g/mol. The topological polar surface area (TPSA) is 77.0 Å². The number of esters is 1. The summed E-state index contributed by atoms with van der Waals surface area (Å²) in [6.07, 6.45) is 1.41. The molecule has 1 N–H and O–H groups in total. The molecule has 6 nitrogen and oxygen atoms in total. The standard InChI is InChI=1S/C22H15Cl3N2O4/c1-30-20-10-13(12-26-27-21(28)15-8-7-14(23)11-18(15)25)6-9-19(20)31-22(29)16-4-2-3-5-17(16)24/h2-12H,1H3,(H,27,28)/b26-12+. The molecule has 0 saturated heterocycles. The van der Waals surface area contributed by atoms with Gasteiger partial charge in [-0.15, -0.1) is 0 Å². The predicted molar refractivity (Wildman–Crippen MR) is 121 cm³/mol. The van der Waals surface area contributed by atoms with Crippen LogP contribution in [0.15, 0.2) is 65.8 Å². The van der Waals surface area contributed by atoms with Crippen molar-refractivity contribution in [3.8, 4) is 11.5 Å². The molecule has 0 aliphatic carbocycles. The normalized spacial score (nSPS) is 10.7. The molecule has 0 aromatic heterocycles. The number of nitrogens with one attached hydrogen (secondary N) is 1. The second-order valence-electron chi connectivity index (χ2n) is 6.10. The zero-order chi connectivity index (χ0) is 22.4. The van der Waals surface area contributed by atoms with E-state index in [1.807, 2.05) is 0 Å². The minimum absolute atomic E-state index is 0.210. The minimum Gasteiger partial charge on any atom is -0.493 e. The Morgan fingerprint density at radius 3 is 2.39 bits per heavy atom. The number of nitrogens with zero attached hydrogens (tertiary/aromatic N) is 1. The second kappa shape index (κ2) is 10.3. The Kier molecular flexibility index (Phi) is 7.52. The van der Waals surface area contributed by atoms with Crippen LogP contribution in [-0.2, 0) is 0 Å². The Balaban J connectivity index is 1.70. The first-order valence-electron chi connectivity index (χ1n) is 8.82. The highest BCUT2D eigenvalue weighted by Gasteiger charge is 2.15. The monoisotopic (exact) mass is 476 g/mol. The number of carbonyl (C=O) groups is 2. The molecule has 0 atom stereocenters. The van der Waals surface area contributed by atoms with E-state index in [4.69, 9.17) is 44.3 Å². The van der Waals surface area contributed by atoms with Gasteiger partial charge in [-0.25, -0.2) is 10.2 Å². The second-order valence-corrected chi connectivity index (χ2v) is 7.35. The van der Waals surface area contributed by atoms with Gasteiger partial charge in [0.05, 0.1) is 34.5 Å². The third-order valence-corrected chi connectivity index (χ3v) is 4.92. The third kappa shape index (κ3) is 5.76. The summed E-state index contributed by atoms with van der Waals surface area (Å²) in [5, 5.41) is 4.83. The number of rotatable bonds is 6.